The molecule has 3 saturated carbocycles. The third-order valence-electron chi connectivity index (χ3n) is 8.91. The molecule has 1 heterocycles. The largest absolute Gasteiger partial charge is 0.475 e. The van der Waals surface area contributed by atoms with E-state index in [0.717, 1.165) is 32.0 Å². The minimum atomic E-state index is -0.712. The van der Waals surface area contributed by atoms with E-state index in [9.17, 15) is 9.59 Å². The number of ketones is 1. The van der Waals surface area contributed by atoms with Crippen molar-refractivity contribution >= 4 is 18.0 Å². The van der Waals surface area contributed by atoms with Gasteiger partial charge in [-0.2, -0.15) is 0 Å². The van der Waals surface area contributed by atoms with Crippen molar-refractivity contribution in [2.45, 2.75) is 65.0 Å². The van der Waals surface area contributed by atoms with E-state index in [1.807, 2.05) is 13.0 Å². The Balaban J connectivity index is 1.60. The summed E-state index contributed by atoms with van der Waals surface area (Å²) in [5.74, 6) is 2.75. The smallest absolute Gasteiger partial charge is 0.181 e. The molecular formula is C23H29NO3. The Labute approximate surface area is 161 Å². The molecular weight excluding hydrogens is 338 g/mol. The van der Waals surface area contributed by atoms with Crippen LogP contribution in [0.25, 0.3) is 0 Å². The van der Waals surface area contributed by atoms with Gasteiger partial charge in [0.05, 0.1) is 0 Å². The fourth-order valence-corrected chi connectivity index (χ4v) is 7.98. The van der Waals surface area contributed by atoms with Crippen LogP contribution >= 0.6 is 0 Å². The van der Waals surface area contributed by atoms with Crippen LogP contribution in [0.1, 0.15) is 53.4 Å². The molecule has 144 valence electrons. The van der Waals surface area contributed by atoms with Crippen LogP contribution < -0.4 is 0 Å². The summed E-state index contributed by atoms with van der Waals surface area (Å²) in [4.78, 5) is 29.1. The number of fused-ring (bicyclic) bond motifs is 7. The predicted molar refractivity (Wildman–Crippen MR) is 103 cm³/mol. The molecule has 0 bridgehead atoms. The van der Waals surface area contributed by atoms with E-state index in [4.69, 9.17) is 9.73 Å². The second-order valence-electron chi connectivity index (χ2n) is 10.0. The van der Waals surface area contributed by atoms with Gasteiger partial charge in [0.15, 0.2) is 23.5 Å². The van der Waals surface area contributed by atoms with Crippen molar-refractivity contribution in [3.63, 3.8) is 0 Å². The lowest BCUT2D eigenvalue weighted by molar-refractivity contribution is -0.124. The standard InChI is InChI=1S/C23H29NO3/c1-13-11-22(4)18(10-19-23(22,12-25)24-14(2)27-19)17-6-5-15-9-16(26)7-8-21(15,3)20(13)17/h7-9,12-13,17-20H,5-6,10-11H2,1-4H3. The molecule has 0 aromatic heterocycles. The maximum atomic E-state index is 12.4. The number of allylic oxidation sites excluding steroid dienone is 4. The van der Waals surface area contributed by atoms with Crippen LogP contribution in [0, 0.1) is 34.5 Å². The summed E-state index contributed by atoms with van der Waals surface area (Å²) in [6.45, 7) is 8.83. The highest BCUT2D eigenvalue weighted by Crippen LogP contribution is 2.69. The normalized spacial score (nSPS) is 52.7. The Morgan fingerprint density at radius 2 is 2.11 bits per heavy atom. The average Bonchev–Trinajstić information content (AvgIpc) is 3.05. The van der Waals surface area contributed by atoms with Crippen LogP contribution in [-0.4, -0.2) is 29.6 Å². The summed E-state index contributed by atoms with van der Waals surface area (Å²) in [6, 6.07) is 0. The second-order valence-corrected chi connectivity index (χ2v) is 10.0. The molecule has 0 amide bonds. The topological polar surface area (TPSA) is 55.7 Å². The van der Waals surface area contributed by atoms with Gasteiger partial charge in [0, 0.05) is 17.8 Å². The minimum absolute atomic E-state index is 0.0380. The third kappa shape index (κ3) is 1.92. The number of rotatable bonds is 1. The van der Waals surface area contributed by atoms with Crippen LogP contribution in [0.2, 0.25) is 0 Å². The van der Waals surface area contributed by atoms with Gasteiger partial charge in [0.25, 0.3) is 0 Å². The molecule has 4 nitrogen and oxygen atoms in total. The van der Waals surface area contributed by atoms with Gasteiger partial charge in [-0.1, -0.05) is 32.4 Å². The lowest BCUT2D eigenvalue weighted by Gasteiger charge is -2.60. The second kappa shape index (κ2) is 5.21. The van der Waals surface area contributed by atoms with Crippen LogP contribution in [0.3, 0.4) is 0 Å². The van der Waals surface area contributed by atoms with Gasteiger partial charge in [0.1, 0.15) is 6.10 Å². The zero-order valence-electron chi connectivity index (χ0n) is 16.7. The van der Waals surface area contributed by atoms with Gasteiger partial charge in [-0.3, -0.25) is 4.79 Å². The van der Waals surface area contributed by atoms with Gasteiger partial charge in [-0.25, -0.2) is 4.99 Å². The SMILES string of the molecule is CC1=NC2(C=O)C(CC3C4CCC5=CC(=O)C=CC5(C)C4C(C)CC32C)O1. The molecule has 4 heteroatoms. The molecule has 4 aliphatic carbocycles. The lowest BCUT2D eigenvalue weighted by atomic mass is 9.44. The van der Waals surface area contributed by atoms with E-state index in [0.29, 0.717) is 29.6 Å². The lowest BCUT2D eigenvalue weighted by Crippen LogP contribution is -2.58. The molecule has 0 aromatic carbocycles. The molecule has 8 atom stereocenters. The highest BCUT2D eigenvalue weighted by molar-refractivity contribution is 6.01. The molecule has 27 heavy (non-hydrogen) atoms. The molecule has 0 spiro atoms. The molecule has 0 radical (unpaired) electrons. The van der Waals surface area contributed by atoms with Gasteiger partial charge in [-0.05, 0) is 61.5 Å². The highest BCUT2D eigenvalue weighted by Gasteiger charge is 2.71. The number of ether oxygens (including phenoxy) is 1. The van der Waals surface area contributed by atoms with Gasteiger partial charge in [-0.15, -0.1) is 0 Å². The van der Waals surface area contributed by atoms with Gasteiger partial charge >= 0.3 is 0 Å². The summed E-state index contributed by atoms with van der Waals surface area (Å²) in [5.41, 5.74) is 0.406. The Morgan fingerprint density at radius 3 is 2.85 bits per heavy atom. The number of nitrogens with zero attached hydrogens (tertiary/aromatic N) is 1. The van der Waals surface area contributed by atoms with Crippen molar-refractivity contribution in [3.05, 3.63) is 23.8 Å². The molecule has 1 aliphatic heterocycles. The van der Waals surface area contributed by atoms with Crippen molar-refractivity contribution in [1.82, 2.24) is 0 Å². The molecule has 0 saturated heterocycles. The fourth-order valence-electron chi connectivity index (χ4n) is 7.98. The first-order chi connectivity index (χ1) is 12.7. The maximum Gasteiger partial charge on any atom is 0.181 e. The van der Waals surface area contributed by atoms with Crippen molar-refractivity contribution in [3.8, 4) is 0 Å². The maximum absolute atomic E-state index is 12.4. The van der Waals surface area contributed by atoms with Crippen molar-refractivity contribution < 1.29 is 14.3 Å². The van der Waals surface area contributed by atoms with E-state index in [1.54, 1.807) is 6.08 Å². The highest BCUT2D eigenvalue weighted by atomic mass is 16.5. The Hall–Kier alpha value is -1.71. The average molecular weight is 367 g/mol. The number of hydrogen-bond acceptors (Lipinski definition) is 4. The van der Waals surface area contributed by atoms with Gasteiger partial charge < -0.3 is 9.53 Å². The summed E-state index contributed by atoms with van der Waals surface area (Å²) >= 11 is 0. The van der Waals surface area contributed by atoms with E-state index < -0.39 is 5.54 Å². The molecule has 5 aliphatic rings. The van der Waals surface area contributed by atoms with Crippen molar-refractivity contribution in [2.75, 3.05) is 0 Å². The molecule has 3 fully saturated rings. The number of aliphatic imine (C=N–C) groups is 1. The van der Waals surface area contributed by atoms with E-state index in [2.05, 4.69) is 26.8 Å². The summed E-state index contributed by atoms with van der Waals surface area (Å²) in [6.07, 6.45) is 10.8. The Bertz CT molecular complexity index is 825. The van der Waals surface area contributed by atoms with Crippen LogP contribution in [0.4, 0.5) is 0 Å². The first-order valence-electron chi connectivity index (χ1n) is 10.4. The number of aldehydes is 1. The third-order valence-corrected chi connectivity index (χ3v) is 8.91. The Kier molecular flexibility index (Phi) is 3.36. The zero-order valence-corrected chi connectivity index (χ0v) is 16.7. The monoisotopic (exact) mass is 367 g/mol. The number of carbonyl (C=O) groups excluding carboxylic acids is 2. The summed E-state index contributed by atoms with van der Waals surface area (Å²) in [5, 5.41) is 0. The minimum Gasteiger partial charge on any atom is -0.475 e. The summed E-state index contributed by atoms with van der Waals surface area (Å²) in [7, 11) is 0. The molecule has 0 aromatic rings. The molecule has 0 N–H and O–H groups in total. The fraction of sp³-hybridized carbons (Fsp3) is 0.696. The quantitative estimate of drug-likeness (QED) is 0.661. The van der Waals surface area contributed by atoms with Crippen molar-refractivity contribution in [2.24, 2.45) is 39.5 Å². The van der Waals surface area contributed by atoms with E-state index in [-0.39, 0.29) is 22.7 Å². The first-order valence-corrected chi connectivity index (χ1v) is 10.4. The van der Waals surface area contributed by atoms with Crippen molar-refractivity contribution in [1.29, 1.82) is 0 Å². The Morgan fingerprint density at radius 1 is 1.33 bits per heavy atom. The molecule has 8 unspecified atom stereocenters. The molecule has 5 rings (SSSR count). The van der Waals surface area contributed by atoms with E-state index >= 15 is 0 Å². The van der Waals surface area contributed by atoms with Crippen LogP contribution in [0.15, 0.2) is 28.8 Å². The first kappa shape index (κ1) is 17.4. The van der Waals surface area contributed by atoms with Crippen LogP contribution in [-0.2, 0) is 14.3 Å². The van der Waals surface area contributed by atoms with Gasteiger partial charge in [0.2, 0.25) is 0 Å². The predicted octanol–water partition coefficient (Wildman–Crippen LogP) is 3.91. The zero-order chi connectivity index (χ0) is 19.2. The van der Waals surface area contributed by atoms with Crippen LogP contribution in [0.5, 0.6) is 0 Å². The number of hydrogen-bond donors (Lipinski definition) is 0. The van der Waals surface area contributed by atoms with E-state index in [1.165, 1.54) is 5.57 Å². The number of carbonyl (C=O) groups is 2. The summed E-state index contributed by atoms with van der Waals surface area (Å²) < 4.78 is 6.05.